The van der Waals surface area contributed by atoms with Crippen LogP contribution in [-0.2, 0) is 23.0 Å². The van der Waals surface area contributed by atoms with Crippen molar-refractivity contribution >= 4 is 10.0 Å². The van der Waals surface area contributed by atoms with Gasteiger partial charge in [-0.15, -0.1) is 0 Å². The second kappa shape index (κ2) is 7.00. The van der Waals surface area contributed by atoms with Crippen LogP contribution in [0.3, 0.4) is 0 Å². The van der Waals surface area contributed by atoms with E-state index in [2.05, 4.69) is 34.1 Å². The first-order valence-electron chi connectivity index (χ1n) is 8.05. The van der Waals surface area contributed by atoms with E-state index >= 15 is 0 Å². The molecule has 0 radical (unpaired) electrons. The van der Waals surface area contributed by atoms with Crippen molar-refractivity contribution in [2.45, 2.75) is 19.9 Å². The van der Waals surface area contributed by atoms with Gasteiger partial charge in [-0.25, -0.2) is 8.42 Å². The van der Waals surface area contributed by atoms with Crippen molar-refractivity contribution in [3.8, 4) is 11.4 Å². The van der Waals surface area contributed by atoms with Crippen molar-refractivity contribution in [1.29, 1.82) is 0 Å². The largest absolute Gasteiger partial charge is 0.338 e. The zero-order chi connectivity index (χ0) is 17.2. The minimum atomic E-state index is -3.10. The lowest BCUT2D eigenvalue weighted by molar-refractivity contribution is 0.164. The van der Waals surface area contributed by atoms with Gasteiger partial charge in [-0.2, -0.15) is 9.29 Å². The number of benzene rings is 1. The summed E-state index contributed by atoms with van der Waals surface area (Å²) in [5.41, 5.74) is 2.20. The molecule has 130 valence electrons. The molecule has 1 saturated heterocycles. The Balaban J connectivity index is 1.60. The van der Waals surface area contributed by atoms with Crippen LogP contribution in [-0.4, -0.2) is 60.2 Å². The van der Waals surface area contributed by atoms with Crippen LogP contribution in [0.1, 0.15) is 18.4 Å². The Morgan fingerprint density at radius 1 is 1.12 bits per heavy atom. The average molecular weight is 350 g/mol. The van der Waals surface area contributed by atoms with Gasteiger partial charge in [0.25, 0.3) is 0 Å². The highest BCUT2D eigenvalue weighted by Crippen LogP contribution is 2.18. The summed E-state index contributed by atoms with van der Waals surface area (Å²) < 4.78 is 29.9. The minimum absolute atomic E-state index is 0.498. The molecule has 1 aliphatic heterocycles. The fraction of sp³-hybridized carbons (Fsp3) is 0.500. The highest BCUT2D eigenvalue weighted by Gasteiger charge is 2.24. The molecule has 7 nitrogen and oxygen atoms in total. The van der Waals surface area contributed by atoms with Crippen molar-refractivity contribution in [2.75, 3.05) is 32.4 Å². The SMILES string of the molecule is CCc1ccc(-c2noc(CN3CCN(S(C)(=O)=O)CC3)n2)cc1. The van der Waals surface area contributed by atoms with Gasteiger partial charge in [0.1, 0.15) is 0 Å². The number of hydrogen-bond donors (Lipinski definition) is 0. The van der Waals surface area contributed by atoms with Gasteiger partial charge in [-0.05, 0) is 12.0 Å². The van der Waals surface area contributed by atoms with E-state index in [1.54, 1.807) is 0 Å². The summed E-state index contributed by atoms with van der Waals surface area (Å²) in [7, 11) is -3.10. The molecule has 0 unspecified atom stereocenters. The van der Waals surface area contributed by atoms with Gasteiger partial charge in [0.2, 0.25) is 21.7 Å². The molecule has 1 aromatic carbocycles. The predicted molar refractivity (Wildman–Crippen MR) is 90.8 cm³/mol. The molecule has 1 fully saturated rings. The molecule has 1 aliphatic rings. The first kappa shape index (κ1) is 17.1. The predicted octanol–water partition coefficient (Wildman–Crippen LogP) is 1.38. The Hall–Kier alpha value is -1.77. The van der Waals surface area contributed by atoms with Crippen LogP contribution >= 0.6 is 0 Å². The van der Waals surface area contributed by atoms with Crippen molar-refractivity contribution in [2.24, 2.45) is 0 Å². The van der Waals surface area contributed by atoms with Crippen molar-refractivity contribution in [1.82, 2.24) is 19.3 Å². The quantitative estimate of drug-likeness (QED) is 0.810. The molecule has 24 heavy (non-hydrogen) atoms. The molecule has 2 heterocycles. The molecular weight excluding hydrogens is 328 g/mol. The van der Waals surface area contributed by atoms with E-state index in [1.807, 2.05) is 12.1 Å². The van der Waals surface area contributed by atoms with Crippen LogP contribution < -0.4 is 0 Å². The number of sulfonamides is 1. The Kier molecular flexibility index (Phi) is 4.98. The van der Waals surface area contributed by atoms with Gasteiger partial charge in [-0.3, -0.25) is 4.90 Å². The Morgan fingerprint density at radius 2 is 1.79 bits per heavy atom. The van der Waals surface area contributed by atoms with Crippen LogP contribution in [0.4, 0.5) is 0 Å². The third kappa shape index (κ3) is 4.00. The molecule has 0 spiro atoms. The summed E-state index contributed by atoms with van der Waals surface area (Å²) in [6, 6.07) is 8.13. The molecule has 0 aliphatic carbocycles. The van der Waals surface area contributed by atoms with Gasteiger partial charge in [0, 0.05) is 31.7 Å². The highest BCUT2D eigenvalue weighted by molar-refractivity contribution is 7.88. The van der Waals surface area contributed by atoms with E-state index in [1.165, 1.54) is 16.1 Å². The normalized spacial score (nSPS) is 17.2. The van der Waals surface area contributed by atoms with E-state index in [4.69, 9.17) is 4.52 Å². The van der Waals surface area contributed by atoms with Gasteiger partial charge in [0.05, 0.1) is 12.8 Å². The Labute approximate surface area is 142 Å². The minimum Gasteiger partial charge on any atom is -0.338 e. The number of rotatable bonds is 5. The highest BCUT2D eigenvalue weighted by atomic mass is 32.2. The van der Waals surface area contributed by atoms with Gasteiger partial charge in [0.15, 0.2) is 0 Å². The zero-order valence-electron chi connectivity index (χ0n) is 14.0. The van der Waals surface area contributed by atoms with Crippen LogP contribution in [0.2, 0.25) is 0 Å². The maximum atomic E-state index is 11.5. The van der Waals surface area contributed by atoms with Gasteiger partial charge < -0.3 is 4.52 Å². The number of hydrogen-bond acceptors (Lipinski definition) is 6. The summed E-state index contributed by atoms with van der Waals surface area (Å²) in [6.45, 7) is 4.98. The molecular formula is C16H22N4O3S. The first-order chi connectivity index (χ1) is 11.5. The van der Waals surface area contributed by atoms with Crippen molar-refractivity contribution in [3.05, 3.63) is 35.7 Å². The van der Waals surface area contributed by atoms with Crippen LogP contribution in [0.25, 0.3) is 11.4 Å². The van der Waals surface area contributed by atoms with E-state index in [9.17, 15) is 8.42 Å². The molecule has 0 atom stereocenters. The van der Waals surface area contributed by atoms with Crippen molar-refractivity contribution < 1.29 is 12.9 Å². The fourth-order valence-corrected chi connectivity index (χ4v) is 3.56. The number of aromatic nitrogens is 2. The summed E-state index contributed by atoms with van der Waals surface area (Å²) in [5.74, 6) is 1.14. The summed E-state index contributed by atoms with van der Waals surface area (Å²) in [5, 5.41) is 4.04. The zero-order valence-corrected chi connectivity index (χ0v) is 14.8. The lowest BCUT2D eigenvalue weighted by Crippen LogP contribution is -2.47. The van der Waals surface area contributed by atoms with E-state index < -0.39 is 10.0 Å². The van der Waals surface area contributed by atoms with E-state index in [0.29, 0.717) is 44.4 Å². The smallest absolute Gasteiger partial charge is 0.241 e. The topological polar surface area (TPSA) is 79.5 Å². The first-order valence-corrected chi connectivity index (χ1v) is 9.90. The lowest BCUT2D eigenvalue weighted by Gasteiger charge is -2.32. The standard InChI is InChI=1S/C16H22N4O3S/c1-3-13-4-6-14(7-5-13)16-17-15(23-18-16)12-19-8-10-20(11-9-19)24(2,21)22/h4-7H,3,8-12H2,1-2H3. The molecule has 0 N–H and O–H groups in total. The monoisotopic (exact) mass is 350 g/mol. The molecule has 3 rings (SSSR count). The maximum absolute atomic E-state index is 11.5. The second-order valence-corrected chi connectivity index (χ2v) is 7.98. The summed E-state index contributed by atoms with van der Waals surface area (Å²) in [4.78, 5) is 6.57. The third-order valence-electron chi connectivity index (χ3n) is 4.25. The third-order valence-corrected chi connectivity index (χ3v) is 5.55. The molecule has 8 heteroatoms. The fourth-order valence-electron chi connectivity index (χ4n) is 2.74. The van der Waals surface area contributed by atoms with E-state index in [0.717, 1.165) is 12.0 Å². The average Bonchev–Trinajstić information content (AvgIpc) is 3.03. The summed E-state index contributed by atoms with van der Waals surface area (Å²) >= 11 is 0. The molecule has 1 aromatic heterocycles. The molecule has 2 aromatic rings. The van der Waals surface area contributed by atoms with Crippen LogP contribution in [0.5, 0.6) is 0 Å². The molecule has 0 saturated carbocycles. The maximum Gasteiger partial charge on any atom is 0.241 e. The van der Waals surface area contributed by atoms with Gasteiger partial charge >= 0.3 is 0 Å². The molecule has 0 amide bonds. The number of nitrogens with zero attached hydrogens (tertiary/aromatic N) is 4. The number of aryl methyl sites for hydroxylation is 1. The van der Waals surface area contributed by atoms with Crippen molar-refractivity contribution in [3.63, 3.8) is 0 Å². The lowest BCUT2D eigenvalue weighted by atomic mass is 10.1. The Morgan fingerprint density at radius 3 is 2.38 bits per heavy atom. The van der Waals surface area contributed by atoms with Crippen LogP contribution in [0.15, 0.2) is 28.8 Å². The van der Waals surface area contributed by atoms with Gasteiger partial charge in [-0.1, -0.05) is 36.3 Å². The van der Waals surface area contributed by atoms with E-state index in [-0.39, 0.29) is 0 Å². The summed E-state index contributed by atoms with van der Waals surface area (Å²) in [6.07, 6.45) is 2.24. The second-order valence-electron chi connectivity index (χ2n) is 6.00. The molecule has 0 bridgehead atoms. The Bertz CT molecular complexity index is 778. The number of piperazine rings is 1. The van der Waals surface area contributed by atoms with Crippen LogP contribution in [0, 0.1) is 0 Å².